The van der Waals surface area contributed by atoms with Crippen molar-refractivity contribution < 1.29 is 39.5 Å². The number of nitrogens with two attached hydrogens (primary N) is 1. The second-order valence-corrected chi connectivity index (χ2v) is 12.6. The normalized spacial score (nSPS) is 28.1. The van der Waals surface area contributed by atoms with Gasteiger partial charge in [0, 0.05) is 44.5 Å². The van der Waals surface area contributed by atoms with Crippen molar-refractivity contribution in [2.45, 2.75) is 56.6 Å². The van der Waals surface area contributed by atoms with Gasteiger partial charge in [-0.05, 0) is 88.1 Å². The number of benzene rings is 1. The average Bonchev–Trinajstić information content (AvgIpc) is 2.92. The zero-order valence-corrected chi connectivity index (χ0v) is 24.6. The maximum Gasteiger partial charge on any atom is 0.255 e. The first-order chi connectivity index (χ1) is 19.8. The van der Waals surface area contributed by atoms with E-state index in [4.69, 9.17) is 10.5 Å². The highest BCUT2D eigenvalue weighted by molar-refractivity contribution is 6.24. The van der Waals surface area contributed by atoms with Crippen LogP contribution >= 0.6 is 0 Å². The number of rotatable bonds is 7. The topological polar surface area (TPSA) is 174 Å². The van der Waals surface area contributed by atoms with Gasteiger partial charge >= 0.3 is 0 Å². The minimum absolute atomic E-state index is 0.0618. The number of phenols is 1. The average molecular weight is 584 g/mol. The fourth-order valence-electron chi connectivity index (χ4n) is 7.55. The maximum atomic E-state index is 14.1. The van der Waals surface area contributed by atoms with Crippen molar-refractivity contribution in [3.63, 3.8) is 0 Å². The number of aliphatic hydroxyl groups is 3. The van der Waals surface area contributed by atoms with Crippen LogP contribution in [0.15, 0.2) is 23.0 Å². The summed E-state index contributed by atoms with van der Waals surface area (Å²) in [7, 11) is 6.91. The van der Waals surface area contributed by atoms with Crippen LogP contribution in [0.3, 0.4) is 0 Å². The van der Waals surface area contributed by atoms with E-state index in [-0.39, 0.29) is 29.7 Å². The predicted molar refractivity (Wildman–Crippen MR) is 155 cm³/mol. The smallest absolute Gasteiger partial charge is 0.255 e. The molecule has 0 spiro atoms. The van der Waals surface area contributed by atoms with E-state index in [1.807, 2.05) is 25.1 Å². The van der Waals surface area contributed by atoms with Crippen LogP contribution in [0.5, 0.6) is 5.75 Å². The lowest BCUT2D eigenvalue weighted by Crippen LogP contribution is -2.65. The fourth-order valence-corrected chi connectivity index (χ4v) is 7.55. The van der Waals surface area contributed by atoms with Gasteiger partial charge in [0.25, 0.3) is 5.91 Å². The number of ketones is 2. The molecule has 1 aromatic carbocycles. The van der Waals surface area contributed by atoms with E-state index < -0.39 is 58.0 Å². The van der Waals surface area contributed by atoms with Crippen LogP contribution in [0.2, 0.25) is 0 Å². The minimum atomic E-state index is -2.65. The summed E-state index contributed by atoms with van der Waals surface area (Å²) in [4.78, 5) is 43.0. The lowest BCUT2D eigenvalue weighted by atomic mass is 9.57. The molecule has 42 heavy (non-hydrogen) atoms. The summed E-state index contributed by atoms with van der Waals surface area (Å²) >= 11 is 0. The van der Waals surface area contributed by atoms with Crippen LogP contribution in [-0.2, 0) is 32.0 Å². The number of anilines is 1. The third-order valence-electron chi connectivity index (χ3n) is 9.66. The second-order valence-electron chi connectivity index (χ2n) is 12.6. The van der Waals surface area contributed by atoms with Crippen molar-refractivity contribution in [1.82, 2.24) is 4.90 Å². The lowest BCUT2D eigenvalue weighted by Gasteiger charge is -2.50. The number of hydrogen-bond donors (Lipinski definition) is 5. The number of likely N-dealkylation sites (N-methyl/N-ethyl adjacent to an activating group) is 1. The van der Waals surface area contributed by atoms with Crippen molar-refractivity contribution in [3.05, 3.63) is 39.7 Å². The van der Waals surface area contributed by atoms with Crippen molar-refractivity contribution in [3.8, 4) is 5.75 Å². The van der Waals surface area contributed by atoms with Gasteiger partial charge < -0.3 is 35.8 Å². The summed E-state index contributed by atoms with van der Waals surface area (Å²) in [6.07, 6.45) is 4.74. The molecular weight excluding hydrogens is 542 g/mol. The number of ether oxygens (including phenoxy) is 1. The molecule has 5 rings (SSSR count). The van der Waals surface area contributed by atoms with E-state index in [0.717, 1.165) is 44.6 Å². The largest absolute Gasteiger partial charge is 0.508 e. The standard InChI is InChI=1S/C31H41N3O8/c1-33(2)20-14-16(7-5-6-15-8-10-42-11-9-15)25(35)22-18(20)12-17-13-19-24(34(3)4)27(37)23(30(32)40)29(39)31(19,41)28(38)21(17)26(22)36/h14-15,17,19,24,35-36,39,41H,5-13H2,1-4H3,(H2,32,40)/t17-,19-,24-,31-/m0/s1. The molecule has 0 radical (unpaired) electrons. The number of aliphatic hydroxyl groups excluding tert-OH is 2. The third kappa shape index (κ3) is 4.58. The Bertz CT molecular complexity index is 1390. The number of carbonyl (C=O) groups is 3. The second kappa shape index (κ2) is 11.0. The minimum Gasteiger partial charge on any atom is -0.508 e. The van der Waals surface area contributed by atoms with Crippen LogP contribution < -0.4 is 10.6 Å². The molecule has 3 aliphatic carbocycles. The molecule has 11 heteroatoms. The summed E-state index contributed by atoms with van der Waals surface area (Å²) < 4.78 is 5.45. The predicted octanol–water partition coefficient (Wildman–Crippen LogP) is 1.78. The van der Waals surface area contributed by atoms with Gasteiger partial charge in [-0.1, -0.05) is 0 Å². The number of phenolic OH excluding ortho intramolecular Hbond substituents is 1. The van der Waals surface area contributed by atoms with Gasteiger partial charge in [-0.15, -0.1) is 0 Å². The Kier molecular flexibility index (Phi) is 7.88. The van der Waals surface area contributed by atoms with E-state index in [1.54, 1.807) is 14.1 Å². The van der Waals surface area contributed by atoms with E-state index in [2.05, 4.69) is 0 Å². The number of Topliss-reactive ketones (excluding diaryl/α,β-unsaturated/α-hetero) is 2. The van der Waals surface area contributed by atoms with E-state index >= 15 is 0 Å². The first kappa shape index (κ1) is 30.1. The highest BCUT2D eigenvalue weighted by atomic mass is 16.5. The Morgan fingerprint density at radius 2 is 1.79 bits per heavy atom. The highest BCUT2D eigenvalue weighted by Crippen LogP contribution is 2.54. The van der Waals surface area contributed by atoms with Crippen molar-refractivity contribution in [2.75, 3.05) is 46.3 Å². The number of carbonyl (C=O) groups excluding carboxylic acids is 3. The summed E-state index contributed by atoms with van der Waals surface area (Å²) in [5.41, 5.74) is 4.04. The van der Waals surface area contributed by atoms with Crippen LogP contribution in [0.1, 0.15) is 48.8 Å². The Balaban J connectivity index is 1.60. The zero-order chi connectivity index (χ0) is 30.7. The van der Waals surface area contributed by atoms with Gasteiger partial charge in [0.2, 0.25) is 5.78 Å². The van der Waals surface area contributed by atoms with Gasteiger partial charge in [-0.2, -0.15) is 0 Å². The molecular formula is C31H41N3O8. The van der Waals surface area contributed by atoms with Gasteiger partial charge in [-0.3, -0.25) is 19.3 Å². The van der Waals surface area contributed by atoms with Gasteiger partial charge in [-0.25, -0.2) is 0 Å². The van der Waals surface area contributed by atoms with Crippen LogP contribution in [0.4, 0.5) is 5.69 Å². The molecule has 0 bridgehead atoms. The molecule has 1 aromatic rings. The van der Waals surface area contributed by atoms with E-state index in [9.17, 15) is 34.8 Å². The molecule has 6 N–H and O–H groups in total. The van der Waals surface area contributed by atoms with Crippen LogP contribution in [-0.4, -0.2) is 95.8 Å². The molecule has 1 heterocycles. The molecule has 4 atom stereocenters. The zero-order valence-electron chi connectivity index (χ0n) is 24.6. The van der Waals surface area contributed by atoms with E-state index in [1.165, 1.54) is 4.90 Å². The van der Waals surface area contributed by atoms with E-state index in [0.29, 0.717) is 23.5 Å². The first-order valence-electron chi connectivity index (χ1n) is 14.6. The first-order valence-corrected chi connectivity index (χ1v) is 14.6. The molecule has 228 valence electrons. The van der Waals surface area contributed by atoms with Gasteiger partial charge in [0.15, 0.2) is 11.4 Å². The molecule has 1 saturated heterocycles. The summed E-state index contributed by atoms with van der Waals surface area (Å²) in [6.45, 7) is 1.52. The van der Waals surface area contributed by atoms with Crippen molar-refractivity contribution in [2.24, 2.45) is 23.5 Å². The molecule has 1 amide bonds. The monoisotopic (exact) mass is 583 g/mol. The maximum absolute atomic E-state index is 14.1. The third-order valence-corrected chi connectivity index (χ3v) is 9.66. The SMILES string of the molecule is CN(C)c1cc(CCCC2CCOCC2)c(O)c2c1C[C@H]1C[C@H]3[C@H](N(C)C)C(=O)C(C(N)=O)=C(O)[C@@]3(O)C(=O)C1=C2O. The Labute approximate surface area is 245 Å². The van der Waals surface area contributed by atoms with Crippen molar-refractivity contribution in [1.29, 1.82) is 0 Å². The highest BCUT2D eigenvalue weighted by Gasteiger charge is 2.64. The number of primary amides is 1. The molecule has 1 aliphatic heterocycles. The number of aromatic hydroxyl groups is 1. The Morgan fingerprint density at radius 3 is 2.38 bits per heavy atom. The molecule has 2 fully saturated rings. The summed E-state index contributed by atoms with van der Waals surface area (Å²) in [6, 6.07) is 0.819. The van der Waals surface area contributed by atoms with Crippen LogP contribution in [0, 0.1) is 17.8 Å². The number of amides is 1. The Morgan fingerprint density at radius 1 is 1.12 bits per heavy atom. The molecule has 1 saturated carbocycles. The Hall–Kier alpha value is -3.41. The number of hydrogen-bond acceptors (Lipinski definition) is 10. The number of nitrogens with zero attached hydrogens (tertiary/aromatic N) is 2. The molecule has 0 aromatic heterocycles. The van der Waals surface area contributed by atoms with Crippen LogP contribution in [0.25, 0.3) is 5.76 Å². The molecule has 4 aliphatic rings. The number of fused-ring (bicyclic) bond motifs is 3. The molecule has 11 nitrogen and oxygen atoms in total. The summed E-state index contributed by atoms with van der Waals surface area (Å²) in [5, 5.41) is 46.0. The van der Waals surface area contributed by atoms with Gasteiger partial charge in [0.05, 0.1) is 11.6 Å². The molecule has 0 unspecified atom stereocenters. The van der Waals surface area contributed by atoms with Crippen molar-refractivity contribution >= 4 is 28.9 Å². The number of aryl methyl sites for hydroxylation is 1. The fraction of sp³-hybridized carbons (Fsp3) is 0.581. The quantitative estimate of drug-likeness (QED) is 0.298. The summed E-state index contributed by atoms with van der Waals surface area (Å²) in [5.74, 6) is -5.82. The van der Waals surface area contributed by atoms with Gasteiger partial charge in [0.1, 0.15) is 22.8 Å². The lowest BCUT2D eigenvalue weighted by molar-refractivity contribution is -0.153.